The molecule has 0 amide bonds. The van der Waals surface area contributed by atoms with Gasteiger partial charge in [-0.25, -0.2) is 4.39 Å². The van der Waals surface area contributed by atoms with Crippen molar-refractivity contribution in [2.24, 2.45) is 0 Å². The van der Waals surface area contributed by atoms with E-state index in [1.54, 1.807) is 0 Å². The van der Waals surface area contributed by atoms with Crippen molar-refractivity contribution in [3.8, 4) is 0 Å². The van der Waals surface area contributed by atoms with Crippen LogP contribution in [-0.2, 0) is 23.1 Å². The van der Waals surface area contributed by atoms with Crippen LogP contribution in [0.5, 0.6) is 0 Å². The first kappa shape index (κ1) is 12.3. The highest BCUT2D eigenvalue weighted by molar-refractivity contribution is 5.96. The van der Waals surface area contributed by atoms with Crippen molar-refractivity contribution in [2.45, 2.75) is 51.6 Å². The number of fused-ring (bicyclic) bond motifs is 1. The zero-order valence-electron chi connectivity index (χ0n) is 10.7. The van der Waals surface area contributed by atoms with Crippen LogP contribution in [0.4, 0.5) is 4.39 Å². The molecular formula is C15H19FO. The lowest BCUT2D eigenvalue weighted by Crippen LogP contribution is -2.25. The summed E-state index contributed by atoms with van der Waals surface area (Å²) in [4.78, 5) is 12.0. The maximum atomic E-state index is 13.6. The van der Waals surface area contributed by atoms with Gasteiger partial charge in [-0.1, -0.05) is 25.1 Å². The number of hydrogen-bond acceptors (Lipinski definition) is 1. The van der Waals surface area contributed by atoms with E-state index in [9.17, 15) is 9.18 Å². The molecule has 1 aliphatic rings. The predicted octanol–water partition coefficient (Wildman–Crippen LogP) is 3.38. The van der Waals surface area contributed by atoms with Crippen molar-refractivity contribution < 1.29 is 9.18 Å². The van der Waals surface area contributed by atoms with Crippen LogP contribution in [0.3, 0.4) is 0 Å². The third-order valence-electron chi connectivity index (χ3n) is 3.79. The van der Waals surface area contributed by atoms with Crippen LogP contribution in [0.25, 0.3) is 0 Å². The Kier molecular flexibility index (Phi) is 3.07. The van der Waals surface area contributed by atoms with Gasteiger partial charge in [-0.05, 0) is 37.0 Å². The maximum Gasteiger partial charge on any atom is 0.147 e. The van der Waals surface area contributed by atoms with Crippen molar-refractivity contribution in [3.63, 3.8) is 0 Å². The van der Waals surface area contributed by atoms with Crippen LogP contribution in [0, 0.1) is 0 Å². The second-order valence-corrected chi connectivity index (χ2v) is 5.39. The summed E-state index contributed by atoms with van der Waals surface area (Å²) in [6.45, 7) is 5.75. The molecule has 0 bridgehead atoms. The summed E-state index contributed by atoms with van der Waals surface area (Å²) in [5, 5.41) is 0. The zero-order valence-corrected chi connectivity index (χ0v) is 10.7. The maximum absolute atomic E-state index is 13.6. The molecule has 0 N–H and O–H groups in total. The first-order valence-corrected chi connectivity index (χ1v) is 6.25. The summed E-state index contributed by atoms with van der Waals surface area (Å²) in [5.74, 6) is 0.242. The monoisotopic (exact) mass is 234 g/mol. The SMILES string of the molecule is CCC(F)Cc1cccc2c1C(C)(C)C(=O)C2. The molecule has 0 aromatic heterocycles. The van der Waals surface area contributed by atoms with Gasteiger partial charge in [0.25, 0.3) is 0 Å². The second-order valence-electron chi connectivity index (χ2n) is 5.39. The van der Waals surface area contributed by atoms with E-state index in [4.69, 9.17) is 0 Å². The Hall–Kier alpha value is -1.18. The largest absolute Gasteiger partial charge is 0.298 e. The lowest BCUT2D eigenvalue weighted by atomic mass is 9.81. The molecule has 1 unspecified atom stereocenters. The first-order chi connectivity index (χ1) is 7.96. The third kappa shape index (κ3) is 2.01. The van der Waals surface area contributed by atoms with Gasteiger partial charge in [-0.3, -0.25) is 4.79 Å². The Labute approximate surface area is 102 Å². The fraction of sp³-hybridized carbons (Fsp3) is 0.533. The van der Waals surface area contributed by atoms with Gasteiger partial charge in [0.2, 0.25) is 0 Å². The quantitative estimate of drug-likeness (QED) is 0.783. The van der Waals surface area contributed by atoms with Gasteiger partial charge in [0.05, 0.1) is 0 Å². The number of carbonyl (C=O) groups is 1. The number of Topliss-reactive ketones (excluding diaryl/α,β-unsaturated/α-hetero) is 1. The first-order valence-electron chi connectivity index (χ1n) is 6.25. The van der Waals surface area contributed by atoms with E-state index >= 15 is 0 Å². The number of benzene rings is 1. The Bertz CT molecular complexity index is 448. The Morgan fingerprint density at radius 2 is 2.12 bits per heavy atom. The van der Waals surface area contributed by atoms with Crippen LogP contribution in [0.1, 0.15) is 43.9 Å². The average molecular weight is 234 g/mol. The molecule has 1 atom stereocenters. The number of alkyl halides is 1. The van der Waals surface area contributed by atoms with Gasteiger partial charge in [-0.15, -0.1) is 0 Å². The molecule has 0 aliphatic heterocycles. The molecule has 1 aromatic rings. The molecule has 0 radical (unpaired) electrons. The molecule has 1 nitrogen and oxygen atoms in total. The van der Waals surface area contributed by atoms with Crippen LogP contribution < -0.4 is 0 Å². The van der Waals surface area contributed by atoms with E-state index in [-0.39, 0.29) is 5.78 Å². The Morgan fingerprint density at radius 1 is 1.41 bits per heavy atom. The topological polar surface area (TPSA) is 17.1 Å². The zero-order chi connectivity index (χ0) is 12.6. The highest BCUT2D eigenvalue weighted by atomic mass is 19.1. The van der Waals surface area contributed by atoms with E-state index in [0.717, 1.165) is 16.7 Å². The summed E-state index contributed by atoms with van der Waals surface area (Å²) in [7, 11) is 0. The number of hydrogen-bond donors (Lipinski definition) is 0. The minimum absolute atomic E-state index is 0.242. The normalized spacial score (nSPS) is 19.2. The molecule has 0 saturated heterocycles. The van der Waals surface area contributed by atoms with Gasteiger partial charge in [-0.2, -0.15) is 0 Å². The summed E-state index contributed by atoms with van der Waals surface area (Å²) in [5.41, 5.74) is 2.72. The van der Waals surface area contributed by atoms with Crippen molar-refractivity contribution >= 4 is 5.78 Å². The van der Waals surface area contributed by atoms with Gasteiger partial charge in [0.15, 0.2) is 0 Å². The van der Waals surface area contributed by atoms with Crippen molar-refractivity contribution in [1.29, 1.82) is 0 Å². The third-order valence-corrected chi connectivity index (χ3v) is 3.79. The van der Waals surface area contributed by atoms with Crippen molar-refractivity contribution in [2.75, 3.05) is 0 Å². The van der Waals surface area contributed by atoms with E-state index < -0.39 is 11.6 Å². The Balaban J connectivity index is 2.44. The summed E-state index contributed by atoms with van der Waals surface area (Å²) in [6.07, 6.45) is 0.640. The fourth-order valence-electron chi connectivity index (χ4n) is 2.69. The van der Waals surface area contributed by atoms with E-state index in [1.165, 1.54) is 0 Å². The van der Waals surface area contributed by atoms with Crippen LogP contribution in [0.15, 0.2) is 18.2 Å². The van der Waals surface area contributed by atoms with E-state index in [1.807, 2.05) is 39.0 Å². The van der Waals surface area contributed by atoms with Crippen molar-refractivity contribution in [3.05, 3.63) is 34.9 Å². The number of carbonyl (C=O) groups excluding carboxylic acids is 1. The molecule has 1 aliphatic carbocycles. The molecule has 1 aromatic carbocycles. The highest BCUT2D eigenvalue weighted by Gasteiger charge is 2.39. The van der Waals surface area contributed by atoms with Gasteiger partial charge in [0.1, 0.15) is 12.0 Å². The van der Waals surface area contributed by atoms with E-state index in [0.29, 0.717) is 19.3 Å². The molecule has 0 saturated carbocycles. The number of halogens is 1. The van der Waals surface area contributed by atoms with Gasteiger partial charge >= 0.3 is 0 Å². The van der Waals surface area contributed by atoms with Crippen molar-refractivity contribution in [1.82, 2.24) is 0 Å². The lowest BCUT2D eigenvalue weighted by molar-refractivity contribution is -0.121. The summed E-state index contributed by atoms with van der Waals surface area (Å²) >= 11 is 0. The van der Waals surface area contributed by atoms with Crippen LogP contribution >= 0.6 is 0 Å². The molecule has 2 heteroatoms. The molecule has 92 valence electrons. The second kappa shape index (κ2) is 4.25. The minimum Gasteiger partial charge on any atom is -0.298 e. The summed E-state index contributed by atoms with van der Waals surface area (Å²) < 4.78 is 13.6. The van der Waals surface area contributed by atoms with Crippen LogP contribution in [0.2, 0.25) is 0 Å². The minimum atomic E-state index is -0.812. The Morgan fingerprint density at radius 3 is 2.76 bits per heavy atom. The molecule has 0 heterocycles. The lowest BCUT2D eigenvalue weighted by Gasteiger charge is -2.21. The van der Waals surface area contributed by atoms with Crippen LogP contribution in [-0.4, -0.2) is 12.0 Å². The number of rotatable bonds is 3. The predicted molar refractivity (Wildman–Crippen MR) is 67.1 cm³/mol. The number of ketones is 1. The standard InChI is InChI=1S/C15H19FO/c1-4-12(16)8-10-6-5-7-11-9-13(17)15(2,3)14(10)11/h5-7,12H,4,8-9H2,1-3H3. The summed E-state index contributed by atoms with van der Waals surface area (Å²) in [6, 6.07) is 5.89. The molecule has 17 heavy (non-hydrogen) atoms. The molecule has 2 rings (SSSR count). The van der Waals surface area contributed by atoms with Gasteiger partial charge in [0, 0.05) is 18.3 Å². The van der Waals surface area contributed by atoms with Gasteiger partial charge < -0.3 is 0 Å². The fourth-order valence-corrected chi connectivity index (χ4v) is 2.69. The average Bonchev–Trinajstić information content (AvgIpc) is 2.51. The smallest absolute Gasteiger partial charge is 0.147 e. The molecule has 0 fully saturated rings. The van der Waals surface area contributed by atoms with E-state index in [2.05, 4.69) is 0 Å². The molecular weight excluding hydrogens is 215 g/mol. The highest BCUT2D eigenvalue weighted by Crippen LogP contribution is 2.38. The molecule has 0 spiro atoms.